The molecule has 2 aromatic carbocycles. The molecule has 0 atom stereocenters. The lowest BCUT2D eigenvalue weighted by Gasteiger charge is -2.08. The van der Waals surface area contributed by atoms with E-state index >= 15 is 0 Å². The number of hydrogen-bond acceptors (Lipinski definition) is 5. The summed E-state index contributed by atoms with van der Waals surface area (Å²) in [6.07, 6.45) is 3.42. The van der Waals surface area contributed by atoms with Gasteiger partial charge in [-0.25, -0.2) is 4.52 Å². The molecule has 0 radical (unpaired) electrons. The van der Waals surface area contributed by atoms with E-state index in [1.807, 2.05) is 48.5 Å². The molecule has 0 bridgehead atoms. The van der Waals surface area contributed by atoms with Gasteiger partial charge in [0.2, 0.25) is 0 Å². The molecule has 1 N–H and O–H groups in total. The minimum Gasteiger partial charge on any atom is -0.497 e. The lowest BCUT2D eigenvalue weighted by Crippen LogP contribution is -2.22. The summed E-state index contributed by atoms with van der Waals surface area (Å²) in [6.45, 7) is 0.101. The van der Waals surface area contributed by atoms with Gasteiger partial charge in [0, 0.05) is 23.5 Å². The Kier molecular flexibility index (Phi) is 5.05. The van der Waals surface area contributed by atoms with E-state index in [4.69, 9.17) is 9.47 Å². The predicted molar refractivity (Wildman–Crippen MR) is 109 cm³/mol. The molecule has 2 heterocycles. The molecular formula is C22H21N3O4. The standard InChI is InChI=1S/C22H21N3O4/c1-28-17-8-6-16(7-9-17)20-19(14-26)21-22(27)24(10-11-25(21)23-20)13-15-4-3-5-18(12-15)29-2/h3-12,26H,13-14H2,1-2H3. The highest BCUT2D eigenvalue weighted by molar-refractivity contribution is 5.72. The molecule has 0 aliphatic rings. The van der Waals surface area contributed by atoms with Crippen molar-refractivity contribution in [3.05, 3.63) is 82.4 Å². The van der Waals surface area contributed by atoms with Crippen LogP contribution in [0.3, 0.4) is 0 Å². The van der Waals surface area contributed by atoms with E-state index in [1.165, 1.54) is 4.52 Å². The number of aliphatic hydroxyl groups is 1. The lowest BCUT2D eigenvalue weighted by molar-refractivity contribution is 0.283. The third kappa shape index (κ3) is 3.48. The number of hydrogen-bond donors (Lipinski definition) is 1. The lowest BCUT2D eigenvalue weighted by atomic mass is 10.1. The normalized spacial score (nSPS) is 11.0. The van der Waals surface area contributed by atoms with Gasteiger partial charge in [-0.3, -0.25) is 4.79 Å². The second-order valence-electron chi connectivity index (χ2n) is 6.59. The monoisotopic (exact) mass is 391 g/mol. The van der Waals surface area contributed by atoms with E-state index in [0.717, 1.165) is 22.6 Å². The third-order valence-electron chi connectivity index (χ3n) is 4.87. The fourth-order valence-electron chi connectivity index (χ4n) is 3.37. The van der Waals surface area contributed by atoms with Crippen LogP contribution < -0.4 is 15.0 Å². The van der Waals surface area contributed by atoms with E-state index in [0.29, 0.717) is 23.3 Å². The smallest absolute Gasteiger partial charge is 0.277 e. The van der Waals surface area contributed by atoms with Gasteiger partial charge in [0.05, 0.1) is 33.1 Å². The van der Waals surface area contributed by atoms with Gasteiger partial charge in [-0.05, 0) is 42.0 Å². The average Bonchev–Trinajstić information content (AvgIpc) is 3.15. The minimum absolute atomic E-state index is 0.216. The Bertz CT molecular complexity index is 1210. The quantitative estimate of drug-likeness (QED) is 0.547. The molecule has 0 aliphatic heterocycles. The molecule has 0 fully saturated rings. The molecule has 148 valence electrons. The van der Waals surface area contributed by atoms with Gasteiger partial charge in [-0.1, -0.05) is 12.1 Å². The number of aliphatic hydroxyl groups excluding tert-OH is 1. The first-order valence-electron chi connectivity index (χ1n) is 9.13. The van der Waals surface area contributed by atoms with Gasteiger partial charge in [0.25, 0.3) is 5.56 Å². The number of ether oxygens (including phenoxy) is 2. The van der Waals surface area contributed by atoms with E-state index in [9.17, 15) is 9.90 Å². The minimum atomic E-state index is -0.288. The molecule has 7 nitrogen and oxygen atoms in total. The molecule has 4 rings (SSSR count). The van der Waals surface area contributed by atoms with Crippen LogP contribution in [0.1, 0.15) is 11.1 Å². The molecule has 0 unspecified atom stereocenters. The predicted octanol–water partition coefficient (Wildman–Crippen LogP) is 2.72. The molecule has 4 aromatic rings. The van der Waals surface area contributed by atoms with Crippen molar-refractivity contribution in [1.82, 2.24) is 14.2 Å². The van der Waals surface area contributed by atoms with Crippen molar-refractivity contribution in [1.29, 1.82) is 0 Å². The molecule has 0 amide bonds. The summed E-state index contributed by atoms with van der Waals surface area (Å²) < 4.78 is 13.6. The highest BCUT2D eigenvalue weighted by Crippen LogP contribution is 2.26. The van der Waals surface area contributed by atoms with Crippen LogP contribution in [0.4, 0.5) is 0 Å². The van der Waals surface area contributed by atoms with Crippen LogP contribution in [0.5, 0.6) is 11.5 Å². The summed E-state index contributed by atoms with van der Waals surface area (Å²) >= 11 is 0. The van der Waals surface area contributed by atoms with E-state index in [-0.39, 0.29) is 12.2 Å². The first-order valence-corrected chi connectivity index (χ1v) is 9.13. The van der Waals surface area contributed by atoms with Crippen LogP contribution in [0.2, 0.25) is 0 Å². The van der Waals surface area contributed by atoms with Crippen molar-refractivity contribution >= 4 is 5.52 Å². The Morgan fingerprint density at radius 3 is 2.45 bits per heavy atom. The zero-order chi connectivity index (χ0) is 20.4. The van der Waals surface area contributed by atoms with Gasteiger partial charge in [-0.2, -0.15) is 5.10 Å². The molecule has 7 heteroatoms. The number of rotatable bonds is 6. The van der Waals surface area contributed by atoms with Crippen molar-refractivity contribution < 1.29 is 14.6 Å². The molecule has 0 saturated heterocycles. The Balaban J connectivity index is 1.80. The topological polar surface area (TPSA) is 78.0 Å². The fraction of sp³-hybridized carbons (Fsp3) is 0.182. The summed E-state index contributed by atoms with van der Waals surface area (Å²) in [5.41, 5.74) is 2.97. The Labute approximate surface area is 167 Å². The van der Waals surface area contributed by atoms with Crippen molar-refractivity contribution in [2.24, 2.45) is 0 Å². The fourth-order valence-corrected chi connectivity index (χ4v) is 3.37. The highest BCUT2D eigenvalue weighted by Gasteiger charge is 2.18. The largest absolute Gasteiger partial charge is 0.497 e. The number of benzene rings is 2. The van der Waals surface area contributed by atoms with Gasteiger partial charge >= 0.3 is 0 Å². The van der Waals surface area contributed by atoms with Gasteiger partial charge in [0.1, 0.15) is 17.0 Å². The highest BCUT2D eigenvalue weighted by atomic mass is 16.5. The molecule has 0 aliphatic carbocycles. The SMILES string of the molecule is COc1ccc(-c2nn3ccn(Cc4cccc(OC)c4)c(=O)c3c2CO)cc1. The first kappa shape index (κ1) is 18.8. The van der Waals surface area contributed by atoms with Crippen LogP contribution in [0, 0.1) is 0 Å². The molecule has 2 aromatic heterocycles. The van der Waals surface area contributed by atoms with Crippen LogP contribution in [-0.4, -0.2) is 33.5 Å². The van der Waals surface area contributed by atoms with Crippen LogP contribution >= 0.6 is 0 Å². The molecule has 0 saturated carbocycles. The number of nitrogens with zero attached hydrogens (tertiary/aromatic N) is 3. The average molecular weight is 391 g/mol. The van der Waals surface area contributed by atoms with Crippen molar-refractivity contribution in [2.75, 3.05) is 14.2 Å². The van der Waals surface area contributed by atoms with Gasteiger partial charge in [0.15, 0.2) is 0 Å². The number of aromatic nitrogens is 3. The first-order chi connectivity index (χ1) is 14.1. The summed E-state index contributed by atoms with van der Waals surface area (Å²) in [5.74, 6) is 1.46. The third-order valence-corrected chi connectivity index (χ3v) is 4.87. The van der Waals surface area contributed by atoms with Crippen LogP contribution in [0.15, 0.2) is 65.7 Å². The Morgan fingerprint density at radius 1 is 1.00 bits per heavy atom. The van der Waals surface area contributed by atoms with Crippen LogP contribution in [-0.2, 0) is 13.2 Å². The molecule has 29 heavy (non-hydrogen) atoms. The molecular weight excluding hydrogens is 370 g/mol. The van der Waals surface area contributed by atoms with Crippen molar-refractivity contribution in [3.63, 3.8) is 0 Å². The summed E-state index contributed by atoms with van der Waals surface area (Å²) in [5, 5.41) is 14.5. The maximum atomic E-state index is 13.2. The van der Waals surface area contributed by atoms with E-state index in [1.54, 1.807) is 31.2 Å². The van der Waals surface area contributed by atoms with Crippen LogP contribution in [0.25, 0.3) is 16.8 Å². The van der Waals surface area contributed by atoms with Gasteiger partial charge in [-0.15, -0.1) is 0 Å². The maximum Gasteiger partial charge on any atom is 0.277 e. The summed E-state index contributed by atoms with van der Waals surface area (Å²) in [7, 11) is 3.21. The Hall–Kier alpha value is -3.58. The Morgan fingerprint density at radius 2 is 1.76 bits per heavy atom. The summed E-state index contributed by atoms with van der Waals surface area (Å²) in [4.78, 5) is 13.2. The second-order valence-corrected chi connectivity index (χ2v) is 6.59. The number of fused-ring (bicyclic) bond motifs is 1. The summed E-state index contributed by atoms with van der Waals surface area (Å²) in [6, 6.07) is 14.9. The number of methoxy groups -OCH3 is 2. The van der Waals surface area contributed by atoms with Crippen molar-refractivity contribution in [3.8, 4) is 22.8 Å². The maximum absolute atomic E-state index is 13.2. The van der Waals surface area contributed by atoms with Crippen molar-refractivity contribution in [2.45, 2.75) is 13.2 Å². The zero-order valence-electron chi connectivity index (χ0n) is 16.2. The van der Waals surface area contributed by atoms with E-state index in [2.05, 4.69) is 5.10 Å². The van der Waals surface area contributed by atoms with Gasteiger partial charge < -0.3 is 19.1 Å². The zero-order valence-corrected chi connectivity index (χ0v) is 16.2. The van der Waals surface area contributed by atoms with E-state index < -0.39 is 0 Å². The molecule has 0 spiro atoms. The second kappa shape index (κ2) is 7.81.